The van der Waals surface area contributed by atoms with Gasteiger partial charge < -0.3 is 11.5 Å². The zero-order valence-electron chi connectivity index (χ0n) is 8.56. The first-order chi connectivity index (χ1) is 5.47. The van der Waals surface area contributed by atoms with Crippen molar-refractivity contribution in [2.24, 2.45) is 17.4 Å². The zero-order chi connectivity index (χ0) is 9.41. The maximum Gasteiger partial charge on any atom is 0.0336 e. The van der Waals surface area contributed by atoms with Crippen molar-refractivity contribution in [1.29, 1.82) is 0 Å². The first-order valence-electron chi connectivity index (χ1n) is 5.05. The van der Waals surface area contributed by atoms with E-state index in [1.165, 1.54) is 0 Å². The van der Waals surface area contributed by atoms with Gasteiger partial charge in [0, 0.05) is 11.1 Å². The van der Waals surface area contributed by atoms with E-state index in [2.05, 4.69) is 20.8 Å². The Hall–Kier alpha value is -0.0800. The van der Waals surface area contributed by atoms with E-state index >= 15 is 0 Å². The van der Waals surface area contributed by atoms with Gasteiger partial charge in [-0.2, -0.15) is 0 Å². The van der Waals surface area contributed by atoms with E-state index in [0.717, 1.165) is 25.7 Å². The van der Waals surface area contributed by atoms with Gasteiger partial charge in [0.2, 0.25) is 0 Å². The summed E-state index contributed by atoms with van der Waals surface area (Å²) in [5.74, 6) is 0.694. The SMILES string of the molecule is CC[C@@]1(N)CC(C)C[C@@]1(N)CC. The second kappa shape index (κ2) is 3.00. The Morgan fingerprint density at radius 1 is 1.08 bits per heavy atom. The molecule has 1 saturated carbocycles. The van der Waals surface area contributed by atoms with Crippen molar-refractivity contribution in [3.63, 3.8) is 0 Å². The van der Waals surface area contributed by atoms with E-state index in [-0.39, 0.29) is 11.1 Å². The first-order valence-corrected chi connectivity index (χ1v) is 5.05. The minimum atomic E-state index is -0.110. The lowest BCUT2D eigenvalue weighted by atomic mass is 9.77. The molecular weight excluding hydrogens is 148 g/mol. The van der Waals surface area contributed by atoms with Crippen LogP contribution in [0.15, 0.2) is 0 Å². The van der Waals surface area contributed by atoms with Crippen LogP contribution in [0.5, 0.6) is 0 Å². The summed E-state index contributed by atoms with van der Waals surface area (Å²) in [7, 11) is 0. The van der Waals surface area contributed by atoms with E-state index in [9.17, 15) is 0 Å². The van der Waals surface area contributed by atoms with Crippen molar-refractivity contribution in [1.82, 2.24) is 0 Å². The molecule has 0 heterocycles. The van der Waals surface area contributed by atoms with Gasteiger partial charge in [-0.05, 0) is 31.6 Å². The fraction of sp³-hybridized carbons (Fsp3) is 1.00. The Labute approximate surface area is 75.7 Å². The summed E-state index contributed by atoms with van der Waals surface area (Å²) in [6, 6.07) is 0. The van der Waals surface area contributed by atoms with Crippen LogP contribution in [0.2, 0.25) is 0 Å². The summed E-state index contributed by atoms with van der Waals surface area (Å²) >= 11 is 0. The van der Waals surface area contributed by atoms with Gasteiger partial charge in [-0.25, -0.2) is 0 Å². The van der Waals surface area contributed by atoms with Gasteiger partial charge in [-0.3, -0.25) is 0 Å². The van der Waals surface area contributed by atoms with E-state index in [0.29, 0.717) is 5.92 Å². The normalized spacial score (nSPS) is 48.2. The summed E-state index contributed by atoms with van der Waals surface area (Å²) in [5, 5.41) is 0. The molecular formula is C10H22N2. The Kier molecular flexibility index (Phi) is 2.50. The maximum absolute atomic E-state index is 6.31. The van der Waals surface area contributed by atoms with Gasteiger partial charge in [-0.15, -0.1) is 0 Å². The maximum atomic E-state index is 6.31. The molecule has 12 heavy (non-hydrogen) atoms. The third-order valence-corrected chi connectivity index (χ3v) is 3.68. The lowest BCUT2D eigenvalue weighted by molar-refractivity contribution is 0.244. The predicted octanol–water partition coefficient (Wildman–Crippen LogP) is 1.63. The van der Waals surface area contributed by atoms with Crippen LogP contribution in [-0.2, 0) is 0 Å². The molecule has 1 fully saturated rings. The Morgan fingerprint density at radius 3 is 1.67 bits per heavy atom. The molecule has 0 amide bonds. The summed E-state index contributed by atoms with van der Waals surface area (Å²) in [4.78, 5) is 0. The Balaban J connectivity index is 2.85. The molecule has 2 nitrogen and oxygen atoms in total. The van der Waals surface area contributed by atoms with E-state index < -0.39 is 0 Å². The molecule has 3 atom stereocenters. The monoisotopic (exact) mass is 170 g/mol. The summed E-state index contributed by atoms with van der Waals surface area (Å²) in [6.45, 7) is 6.55. The summed E-state index contributed by atoms with van der Waals surface area (Å²) < 4.78 is 0. The molecule has 1 unspecified atom stereocenters. The third-order valence-electron chi connectivity index (χ3n) is 3.68. The lowest BCUT2D eigenvalue weighted by Crippen LogP contribution is -2.61. The van der Waals surface area contributed by atoms with Crippen LogP contribution in [-0.4, -0.2) is 11.1 Å². The average Bonchev–Trinajstić information content (AvgIpc) is 2.25. The Morgan fingerprint density at radius 2 is 1.42 bits per heavy atom. The van der Waals surface area contributed by atoms with Gasteiger partial charge in [-0.1, -0.05) is 20.8 Å². The smallest absolute Gasteiger partial charge is 0.0336 e. The molecule has 1 rings (SSSR count). The van der Waals surface area contributed by atoms with Gasteiger partial charge >= 0.3 is 0 Å². The molecule has 0 saturated heterocycles. The van der Waals surface area contributed by atoms with Crippen molar-refractivity contribution in [3.8, 4) is 0 Å². The molecule has 0 aromatic rings. The average molecular weight is 170 g/mol. The first kappa shape index (κ1) is 10.0. The largest absolute Gasteiger partial charge is 0.324 e. The summed E-state index contributed by atoms with van der Waals surface area (Å²) in [6.07, 6.45) is 4.19. The number of nitrogens with two attached hydrogens (primary N) is 2. The van der Waals surface area contributed by atoms with Crippen LogP contribution in [0.3, 0.4) is 0 Å². The fourth-order valence-corrected chi connectivity index (χ4v) is 2.72. The number of hydrogen-bond donors (Lipinski definition) is 2. The van der Waals surface area contributed by atoms with Crippen LogP contribution in [0, 0.1) is 5.92 Å². The molecule has 1 aliphatic carbocycles. The lowest BCUT2D eigenvalue weighted by Gasteiger charge is -2.39. The predicted molar refractivity (Wildman–Crippen MR) is 52.8 cm³/mol. The molecule has 2 heteroatoms. The third kappa shape index (κ3) is 1.27. The highest BCUT2D eigenvalue weighted by molar-refractivity contribution is 5.11. The standard InChI is InChI=1S/C10H22N2/c1-4-9(11)6-8(3)7-10(9,12)5-2/h8H,4-7,11-12H2,1-3H3/t8?,9-,10+. The molecule has 0 bridgehead atoms. The molecule has 0 aromatic heterocycles. The minimum absolute atomic E-state index is 0.110. The van der Waals surface area contributed by atoms with Crippen molar-refractivity contribution in [3.05, 3.63) is 0 Å². The molecule has 0 aromatic carbocycles. The van der Waals surface area contributed by atoms with Crippen LogP contribution in [0.4, 0.5) is 0 Å². The van der Waals surface area contributed by atoms with Crippen LogP contribution < -0.4 is 11.5 Å². The van der Waals surface area contributed by atoms with Crippen molar-refractivity contribution in [2.45, 2.75) is 57.5 Å². The quantitative estimate of drug-likeness (QED) is 0.662. The van der Waals surface area contributed by atoms with Gasteiger partial charge in [0.25, 0.3) is 0 Å². The van der Waals surface area contributed by atoms with E-state index in [4.69, 9.17) is 11.5 Å². The highest BCUT2D eigenvalue weighted by atomic mass is 14.9. The number of hydrogen-bond acceptors (Lipinski definition) is 2. The summed E-state index contributed by atoms with van der Waals surface area (Å²) in [5.41, 5.74) is 12.4. The fourth-order valence-electron chi connectivity index (χ4n) is 2.72. The van der Waals surface area contributed by atoms with Crippen molar-refractivity contribution >= 4 is 0 Å². The highest BCUT2D eigenvalue weighted by Gasteiger charge is 2.50. The Bertz CT molecular complexity index is 151. The van der Waals surface area contributed by atoms with Crippen LogP contribution in [0.25, 0.3) is 0 Å². The second-order valence-electron chi connectivity index (χ2n) is 4.53. The highest BCUT2D eigenvalue weighted by Crippen LogP contribution is 2.43. The van der Waals surface area contributed by atoms with Gasteiger partial charge in [0.05, 0.1) is 0 Å². The van der Waals surface area contributed by atoms with Crippen molar-refractivity contribution < 1.29 is 0 Å². The molecule has 72 valence electrons. The van der Waals surface area contributed by atoms with E-state index in [1.807, 2.05) is 0 Å². The molecule has 0 spiro atoms. The zero-order valence-corrected chi connectivity index (χ0v) is 8.56. The topological polar surface area (TPSA) is 52.0 Å². The van der Waals surface area contributed by atoms with Crippen molar-refractivity contribution in [2.75, 3.05) is 0 Å². The molecule has 0 radical (unpaired) electrons. The molecule has 1 aliphatic rings. The number of rotatable bonds is 2. The minimum Gasteiger partial charge on any atom is -0.324 e. The van der Waals surface area contributed by atoms with Crippen LogP contribution in [0.1, 0.15) is 46.5 Å². The van der Waals surface area contributed by atoms with Gasteiger partial charge in [0.1, 0.15) is 0 Å². The molecule has 0 aliphatic heterocycles. The molecule has 4 N–H and O–H groups in total. The van der Waals surface area contributed by atoms with Gasteiger partial charge in [0.15, 0.2) is 0 Å². The van der Waals surface area contributed by atoms with E-state index in [1.54, 1.807) is 0 Å². The second-order valence-corrected chi connectivity index (χ2v) is 4.53. The van der Waals surface area contributed by atoms with Crippen LogP contribution >= 0.6 is 0 Å².